The van der Waals surface area contributed by atoms with Crippen molar-refractivity contribution in [3.63, 3.8) is 0 Å². The Bertz CT molecular complexity index is 642. The number of hydrogen-bond acceptors (Lipinski definition) is 5. The minimum absolute atomic E-state index is 0.264. The Morgan fingerprint density at radius 3 is 2.78 bits per heavy atom. The summed E-state index contributed by atoms with van der Waals surface area (Å²) in [4.78, 5) is 2.19. The summed E-state index contributed by atoms with van der Waals surface area (Å²) in [5.41, 5.74) is 0.964. The van der Waals surface area contributed by atoms with Gasteiger partial charge in [-0.3, -0.25) is 9.58 Å². The fourth-order valence-electron chi connectivity index (χ4n) is 2.69. The predicted octanol–water partition coefficient (Wildman–Crippen LogP) is 1.25. The van der Waals surface area contributed by atoms with E-state index in [4.69, 9.17) is 10.00 Å². The zero-order valence-corrected chi connectivity index (χ0v) is 12.9. The van der Waals surface area contributed by atoms with Gasteiger partial charge in [-0.1, -0.05) is 12.1 Å². The van der Waals surface area contributed by atoms with Crippen molar-refractivity contribution in [2.75, 3.05) is 26.2 Å². The van der Waals surface area contributed by atoms with Gasteiger partial charge in [-0.05, 0) is 23.8 Å². The maximum absolute atomic E-state index is 10.1. The van der Waals surface area contributed by atoms with E-state index in [1.54, 1.807) is 6.20 Å². The molecule has 1 aliphatic heterocycles. The Balaban J connectivity index is 1.37. The van der Waals surface area contributed by atoms with Crippen LogP contribution in [0.25, 0.3) is 0 Å². The van der Waals surface area contributed by atoms with Crippen molar-refractivity contribution in [3.05, 3.63) is 48.3 Å². The van der Waals surface area contributed by atoms with E-state index in [1.165, 1.54) is 0 Å². The van der Waals surface area contributed by atoms with Crippen LogP contribution in [0, 0.1) is 11.3 Å². The van der Waals surface area contributed by atoms with Crippen molar-refractivity contribution < 1.29 is 9.84 Å². The largest absolute Gasteiger partial charge is 0.491 e. The van der Waals surface area contributed by atoms with E-state index >= 15 is 0 Å². The van der Waals surface area contributed by atoms with Gasteiger partial charge in [-0.25, -0.2) is 0 Å². The predicted molar refractivity (Wildman–Crippen MR) is 85.0 cm³/mol. The second-order valence-corrected chi connectivity index (χ2v) is 5.80. The lowest BCUT2D eigenvalue weighted by Gasteiger charge is -2.40. The van der Waals surface area contributed by atoms with E-state index in [2.05, 4.69) is 16.1 Å². The smallest absolute Gasteiger partial charge is 0.119 e. The summed E-state index contributed by atoms with van der Waals surface area (Å²) in [6, 6.07) is 11.8. The number of likely N-dealkylation sites (tertiary alicyclic amines) is 1. The van der Waals surface area contributed by atoms with Gasteiger partial charge in [0.15, 0.2) is 0 Å². The van der Waals surface area contributed by atoms with Crippen molar-refractivity contribution in [1.29, 1.82) is 5.26 Å². The van der Waals surface area contributed by atoms with Crippen LogP contribution in [0.4, 0.5) is 0 Å². The molecule has 6 heteroatoms. The molecule has 0 aliphatic carbocycles. The lowest BCUT2D eigenvalue weighted by molar-refractivity contribution is 0.0205. The standard InChI is InChI=1S/C17H20N4O2/c18-7-6-14-2-4-17(5-3-14)23-13-16(22)12-20-10-15(11-20)21-9-1-8-19-21/h1-5,8-9,15-16,22H,6,10-13H2/t16-/m1/s1. The topological polar surface area (TPSA) is 74.3 Å². The quantitative estimate of drug-likeness (QED) is 0.833. The number of aromatic nitrogens is 2. The summed E-state index contributed by atoms with van der Waals surface area (Å²) in [6.45, 7) is 2.67. The van der Waals surface area contributed by atoms with Crippen molar-refractivity contribution >= 4 is 0 Å². The number of rotatable bonds is 7. The molecule has 0 radical (unpaired) electrons. The Labute approximate surface area is 135 Å². The van der Waals surface area contributed by atoms with E-state index < -0.39 is 6.10 Å². The fourth-order valence-corrected chi connectivity index (χ4v) is 2.69. The van der Waals surface area contributed by atoms with Crippen LogP contribution in [-0.2, 0) is 6.42 Å². The third-order valence-electron chi connectivity index (χ3n) is 3.95. The first kappa shape index (κ1) is 15.5. The first-order valence-corrected chi connectivity index (χ1v) is 7.73. The average Bonchev–Trinajstić information content (AvgIpc) is 3.04. The molecule has 0 spiro atoms. The molecule has 1 fully saturated rings. The van der Waals surface area contributed by atoms with Crippen LogP contribution in [0.1, 0.15) is 11.6 Å². The minimum atomic E-state index is -0.521. The molecule has 1 aromatic carbocycles. The molecule has 120 valence electrons. The van der Waals surface area contributed by atoms with Crippen molar-refractivity contribution in [2.45, 2.75) is 18.6 Å². The maximum atomic E-state index is 10.1. The molecule has 23 heavy (non-hydrogen) atoms. The summed E-state index contributed by atoms with van der Waals surface area (Å²) in [5, 5.41) is 22.9. The summed E-state index contributed by atoms with van der Waals surface area (Å²) >= 11 is 0. The van der Waals surface area contributed by atoms with Gasteiger partial charge in [-0.15, -0.1) is 0 Å². The van der Waals surface area contributed by atoms with Gasteiger partial charge < -0.3 is 9.84 Å². The van der Waals surface area contributed by atoms with E-state index in [0.29, 0.717) is 24.8 Å². The Kier molecular flexibility index (Phi) is 4.91. The molecule has 0 unspecified atom stereocenters. The van der Waals surface area contributed by atoms with Crippen LogP contribution >= 0.6 is 0 Å². The first-order valence-electron chi connectivity index (χ1n) is 7.73. The second kappa shape index (κ2) is 7.27. The molecule has 0 amide bonds. The van der Waals surface area contributed by atoms with Gasteiger partial charge in [0.1, 0.15) is 18.5 Å². The second-order valence-electron chi connectivity index (χ2n) is 5.80. The number of aliphatic hydroxyl groups is 1. The highest BCUT2D eigenvalue weighted by atomic mass is 16.5. The zero-order valence-electron chi connectivity index (χ0n) is 12.9. The van der Waals surface area contributed by atoms with Crippen LogP contribution in [-0.4, -0.2) is 52.1 Å². The molecule has 1 atom stereocenters. The minimum Gasteiger partial charge on any atom is -0.491 e. The van der Waals surface area contributed by atoms with Crippen molar-refractivity contribution in [2.24, 2.45) is 0 Å². The zero-order chi connectivity index (χ0) is 16.1. The van der Waals surface area contributed by atoms with Gasteiger partial charge in [0.25, 0.3) is 0 Å². The summed E-state index contributed by atoms with van der Waals surface area (Å²) < 4.78 is 7.55. The average molecular weight is 312 g/mol. The van der Waals surface area contributed by atoms with Crippen LogP contribution in [0.3, 0.4) is 0 Å². The number of aliphatic hydroxyl groups excluding tert-OH is 1. The third kappa shape index (κ3) is 4.09. The lowest BCUT2D eigenvalue weighted by atomic mass is 10.1. The van der Waals surface area contributed by atoms with Crippen LogP contribution in [0.5, 0.6) is 5.75 Å². The molecule has 2 heterocycles. The first-order chi connectivity index (χ1) is 11.2. The van der Waals surface area contributed by atoms with Crippen LogP contribution < -0.4 is 4.74 Å². The number of nitrogens with zero attached hydrogens (tertiary/aromatic N) is 4. The van der Waals surface area contributed by atoms with Crippen LogP contribution in [0.2, 0.25) is 0 Å². The highest BCUT2D eigenvalue weighted by Crippen LogP contribution is 2.20. The van der Waals surface area contributed by atoms with Crippen molar-refractivity contribution in [3.8, 4) is 11.8 Å². The molecule has 1 aliphatic rings. The summed E-state index contributed by atoms with van der Waals surface area (Å²) in [5.74, 6) is 0.712. The number of ether oxygens (including phenoxy) is 1. The Hall–Kier alpha value is -2.36. The third-order valence-corrected chi connectivity index (χ3v) is 3.95. The number of nitriles is 1. The van der Waals surface area contributed by atoms with Gasteiger partial charge in [0.05, 0.1) is 18.5 Å². The van der Waals surface area contributed by atoms with E-state index in [1.807, 2.05) is 41.2 Å². The van der Waals surface area contributed by atoms with Gasteiger partial charge in [-0.2, -0.15) is 10.4 Å². The highest BCUT2D eigenvalue weighted by Gasteiger charge is 2.29. The van der Waals surface area contributed by atoms with E-state index in [9.17, 15) is 5.11 Å². The normalized spacial score (nSPS) is 16.5. The lowest BCUT2D eigenvalue weighted by Crippen LogP contribution is -2.51. The number of hydrogen-bond donors (Lipinski definition) is 1. The van der Waals surface area contributed by atoms with E-state index in [-0.39, 0.29) is 6.61 Å². The van der Waals surface area contributed by atoms with E-state index in [0.717, 1.165) is 18.7 Å². The van der Waals surface area contributed by atoms with Gasteiger partial charge in [0, 0.05) is 32.0 Å². The molecule has 1 N–H and O–H groups in total. The van der Waals surface area contributed by atoms with Gasteiger partial charge >= 0.3 is 0 Å². The SMILES string of the molecule is N#CCc1ccc(OC[C@H](O)CN2CC(n3cccn3)C2)cc1. The molecule has 3 rings (SSSR count). The summed E-state index contributed by atoms with van der Waals surface area (Å²) in [7, 11) is 0. The molecule has 1 aromatic heterocycles. The molecule has 2 aromatic rings. The fraction of sp³-hybridized carbons (Fsp3) is 0.412. The van der Waals surface area contributed by atoms with Gasteiger partial charge in [0.2, 0.25) is 0 Å². The van der Waals surface area contributed by atoms with Crippen molar-refractivity contribution in [1.82, 2.24) is 14.7 Å². The number of β-amino-alcohol motifs (C(OH)–C–C–N with tert-alkyl or cyclic N) is 1. The molecule has 0 bridgehead atoms. The molecular formula is C17H20N4O2. The Morgan fingerprint density at radius 1 is 1.35 bits per heavy atom. The molecule has 1 saturated heterocycles. The van der Waals surface area contributed by atoms with Crippen LogP contribution in [0.15, 0.2) is 42.7 Å². The maximum Gasteiger partial charge on any atom is 0.119 e. The Morgan fingerprint density at radius 2 is 2.13 bits per heavy atom. The highest BCUT2D eigenvalue weighted by molar-refractivity contribution is 5.28. The monoisotopic (exact) mass is 312 g/mol. The molecular weight excluding hydrogens is 292 g/mol. The number of benzene rings is 1. The molecule has 0 saturated carbocycles. The summed E-state index contributed by atoms with van der Waals surface area (Å²) in [6.07, 6.45) is 3.63. The molecule has 6 nitrogen and oxygen atoms in total.